The van der Waals surface area contributed by atoms with Gasteiger partial charge in [-0.25, -0.2) is 8.78 Å². The highest BCUT2D eigenvalue weighted by atomic mass is 127. The topological polar surface area (TPSA) is 96.2 Å². The van der Waals surface area contributed by atoms with Gasteiger partial charge in [0.2, 0.25) is 0 Å². The third-order valence-electron chi connectivity index (χ3n) is 4.88. The molecule has 0 saturated heterocycles. The maximum atomic E-state index is 14.7. The van der Waals surface area contributed by atoms with Crippen LogP contribution in [0.2, 0.25) is 0 Å². The molecule has 176 valence electrons. The number of benzene rings is 2. The minimum absolute atomic E-state index is 0.0878. The van der Waals surface area contributed by atoms with Gasteiger partial charge in [0.05, 0.1) is 5.70 Å². The number of rotatable bonds is 6. The van der Waals surface area contributed by atoms with Crippen LogP contribution in [0.4, 0.5) is 14.5 Å². The molecule has 1 aromatic heterocycles. The van der Waals surface area contributed by atoms with Crippen molar-refractivity contribution in [3.8, 4) is 11.4 Å². The average Bonchev–Trinajstić information content (AvgIpc) is 2.83. The Morgan fingerprint density at radius 1 is 1.14 bits per heavy atom. The zero-order valence-electron chi connectivity index (χ0n) is 17.9. The van der Waals surface area contributed by atoms with Crippen LogP contribution in [-0.4, -0.2) is 16.7 Å². The second-order valence-electron chi connectivity index (χ2n) is 7.17. The number of aromatic nitrogens is 1. The fourth-order valence-corrected chi connectivity index (χ4v) is 3.87. The molecule has 0 saturated carbocycles. The summed E-state index contributed by atoms with van der Waals surface area (Å²) in [6.45, 7) is 0. The Morgan fingerprint density at radius 2 is 1.91 bits per heavy atom. The van der Waals surface area contributed by atoms with Gasteiger partial charge in [-0.15, -0.1) is 0 Å². The van der Waals surface area contributed by atoms with Crippen molar-refractivity contribution in [1.82, 2.24) is 9.88 Å². The van der Waals surface area contributed by atoms with Crippen LogP contribution in [0.1, 0.15) is 10.4 Å². The number of carbonyl (C=O) groups is 1. The van der Waals surface area contributed by atoms with E-state index in [1.54, 1.807) is 24.4 Å². The SMILES string of the molecule is N=C/C=C1\NC=CC=C1Oc1ccc(NC(=O)c2c(I)ccn(-c3ccc(F)cc3)c2=O)cc1F. The van der Waals surface area contributed by atoms with Crippen LogP contribution >= 0.6 is 22.6 Å². The van der Waals surface area contributed by atoms with Gasteiger partial charge in [-0.05, 0) is 83.3 Å². The molecule has 1 aliphatic heterocycles. The van der Waals surface area contributed by atoms with E-state index in [1.807, 2.05) is 22.6 Å². The molecular weight excluding hydrogens is 569 g/mol. The van der Waals surface area contributed by atoms with Gasteiger partial charge in [-0.3, -0.25) is 14.2 Å². The van der Waals surface area contributed by atoms with E-state index in [-0.39, 0.29) is 17.0 Å². The molecule has 0 unspecified atom stereocenters. The molecule has 0 aliphatic carbocycles. The van der Waals surface area contributed by atoms with Crippen LogP contribution in [-0.2, 0) is 0 Å². The molecule has 10 heteroatoms. The molecule has 0 spiro atoms. The third-order valence-corrected chi connectivity index (χ3v) is 5.78. The molecule has 1 aliphatic rings. The highest BCUT2D eigenvalue weighted by Crippen LogP contribution is 2.26. The van der Waals surface area contributed by atoms with E-state index in [9.17, 15) is 18.4 Å². The quantitative estimate of drug-likeness (QED) is 0.284. The first-order valence-electron chi connectivity index (χ1n) is 10.2. The third kappa shape index (κ3) is 5.38. The van der Waals surface area contributed by atoms with Gasteiger partial charge in [0.15, 0.2) is 17.3 Å². The number of hydrogen-bond donors (Lipinski definition) is 3. The molecule has 35 heavy (non-hydrogen) atoms. The maximum Gasteiger partial charge on any atom is 0.269 e. The number of dihydropyridines is 1. The average molecular weight is 586 g/mol. The van der Waals surface area contributed by atoms with Crippen LogP contribution < -0.4 is 20.9 Å². The number of pyridine rings is 1. The first-order valence-corrected chi connectivity index (χ1v) is 11.3. The zero-order valence-corrected chi connectivity index (χ0v) is 20.0. The number of anilines is 1. The summed E-state index contributed by atoms with van der Waals surface area (Å²) in [4.78, 5) is 25.9. The van der Waals surface area contributed by atoms with Crippen LogP contribution in [0.15, 0.2) is 95.4 Å². The van der Waals surface area contributed by atoms with Crippen LogP contribution in [0.5, 0.6) is 5.75 Å². The second kappa shape index (κ2) is 10.5. The highest BCUT2D eigenvalue weighted by Gasteiger charge is 2.19. The summed E-state index contributed by atoms with van der Waals surface area (Å²) in [5.41, 5.74) is 0.266. The van der Waals surface area contributed by atoms with Crippen molar-refractivity contribution >= 4 is 40.4 Å². The second-order valence-corrected chi connectivity index (χ2v) is 8.34. The molecule has 3 aromatic rings. The summed E-state index contributed by atoms with van der Waals surface area (Å²) in [6.07, 6.45) is 8.95. The van der Waals surface area contributed by atoms with Crippen LogP contribution in [0.25, 0.3) is 5.69 Å². The molecule has 4 rings (SSSR count). The van der Waals surface area contributed by atoms with Crippen molar-refractivity contribution in [2.24, 2.45) is 0 Å². The standard InChI is InChI=1S/C25H17F2IN4O3/c26-15-3-6-17(7-4-15)32-13-10-19(28)23(25(32)34)24(33)31-16-5-8-21(18(27)14-16)35-22-2-1-12-30-20(22)9-11-29/h1-14,29-30H,(H,31,33)/b20-9-,29-11?. The van der Waals surface area contributed by atoms with Crippen molar-refractivity contribution < 1.29 is 18.3 Å². The minimum atomic E-state index is -0.737. The molecular formula is C25H17F2IN4O3. The lowest BCUT2D eigenvalue weighted by Gasteiger charge is -2.16. The number of nitrogens with zero attached hydrogens (tertiary/aromatic N) is 1. The zero-order chi connectivity index (χ0) is 24.9. The summed E-state index contributed by atoms with van der Waals surface area (Å²) in [5.74, 6) is -1.68. The van der Waals surface area contributed by atoms with E-state index in [0.29, 0.717) is 20.7 Å². The number of halogens is 3. The summed E-state index contributed by atoms with van der Waals surface area (Å²) >= 11 is 1.87. The van der Waals surface area contributed by atoms with Gasteiger partial charge in [-0.1, -0.05) is 0 Å². The van der Waals surface area contributed by atoms with Gasteiger partial charge in [0.25, 0.3) is 11.5 Å². The first kappa shape index (κ1) is 24.1. The molecule has 0 atom stereocenters. The Hall–Kier alpha value is -4.06. The lowest BCUT2D eigenvalue weighted by atomic mass is 10.2. The van der Waals surface area contributed by atoms with Crippen LogP contribution in [0, 0.1) is 20.6 Å². The fourth-order valence-electron chi connectivity index (χ4n) is 3.23. The highest BCUT2D eigenvalue weighted by molar-refractivity contribution is 14.1. The van der Waals surface area contributed by atoms with E-state index in [1.165, 1.54) is 53.2 Å². The van der Waals surface area contributed by atoms with Crippen molar-refractivity contribution in [3.05, 3.63) is 122 Å². The molecule has 7 nitrogen and oxygen atoms in total. The smallest absolute Gasteiger partial charge is 0.269 e. The number of carbonyl (C=O) groups excluding carboxylic acids is 1. The Balaban J connectivity index is 1.57. The normalized spacial score (nSPS) is 13.7. The summed E-state index contributed by atoms with van der Waals surface area (Å²) < 4.78 is 35.2. The van der Waals surface area contributed by atoms with Gasteiger partial charge < -0.3 is 20.8 Å². The molecule has 0 radical (unpaired) electrons. The van der Waals surface area contributed by atoms with Crippen molar-refractivity contribution in [2.75, 3.05) is 5.32 Å². The number of hydrogen-bond acceptors (Lipinski definition) is 5. The Labute approximate surface area is 212 Å². The van der Waals surface area contributed by atoms with Crippen molar-refractivity contribution in [2.45, 2.75) is 0 Å². The molecule has 2 aromatic carbocycles. The Kier molecular flexibility index (Phi) is 7.20. The number of ether oxygens (including phenoxy) is 1. The number of nitrogens with one attached hydrogen (secondary N) is 3. The Morgan fingerprint density at radius 3 is 2.63 bits per heavy atom. The summed E-state index contributed by atoms with van der Waals surface area (Å²) in [7, 11) is 0. The lowest BCUT2D eigenvalue weighted by Crippen LogP contribution is -2.29. The fraction of sp³-hybridized carbons (Fsp3) is 0. The van der Waals surface area contributed by atoms with Gasteiger partial charge >= 0.3 is 0 Å². The van der Waals surface area contributed by atoms with E-state index < -0.39 is 23.1 Å². The van der Waals surface area contributed by atoms with E-state index in [4.69, 9.17) is 10.1 Å². The summed E-state index contributed by atoms with van der Waals surface area (Å²) in [5, 5.41) is 12.7. The van der Waals surface area contributed by atoms with E-state index >= 15 is 0 Å². The maximum absolute atomic E-state index is 14.7. The predicted octanol–water partition coefficient (Wildman–Crippen LogP) is 4.89. The molecule has 0 fully saturated rings. The largest absolute Gasteiger partial charge is 0.452 e. The number of amides is 1. The van der Waals surface area contributed by atoms with E-state index in [2.05, 4.69) is 10.6 Å². The van der Waals surface area contributed by atoms with Crippen molar-refractivity contribution in [3.63, 3.8) is 0 Å². The molecule has 2 heterocycles. The van der Waals surface area contributed by atoms with Crippen molar-refractivity contribution in [1.29, 1.82) is 5.41 Å². The molecule has 0 bridgehead atoms. The predicted molar refractivity (Wildman–Crippen MR) is 137 cm³/mol. The molecule has 3 N–H and O–H groups in total. The minimum Gasteiger partial charge on any atom is -0.452 e. The first-order chi connectivity index (χ1) is 16.9. The van der Waals surface area contributed by atoms with Gasteiger partial charge in [-0.2, -0.15) is 0 Å². The Bertz CT molecular complexity index is 1460. The number of allylic oxidation sites excluding steroid dienone is 3. The molecule has 1 amide bonds. The van der Waals surface area contributed by atoms with Crippen LogP contribution in [0.3, 0.4) is 0 Å². The summed E-state index contributed by atoms with van der Waals surface area (Å²) in [6, 6.07) is 10.7. The van der Waals surface area contributed by atoms with Gasteiger partial charge in [0, 0.05) is 39.6 Å². The van der Waals surface area contributed by atoms with Gasteiger partial charge in [0.1, 0.15) is 11.4 Å². The lowest BCUT2D eigenvalue weighted by molar-refractivity contribution is 0.102. The monoisotopic (exact) mass is 586 g/mol. The van der Waals surface area contributed by atoms with E-state index in [0.717, 1.165) is 12.3 Å².